The summed E-state index contributed by atoms with van der Waals surface area (Å²) in [6.07, 6.45) is 8.25. The molecule has 0 saturated heterocycles. The highest BCUT2D eigenvalue weighted by atomic mass is 19.1. The van der Waals surface area contributed by atoms with Crippen molar-refractivity contribution >= 4 is 28.7 Å². The van der Waals surface area contributed by atoms with Crippen LogP contribution < -0.4 is 15.4 Å². The highest BCUT2D eigenvalue weighted by molar-refractivity contribution is 5.84. The van der Waals surface area contributed by atoms with Crippen LogP contribution in [0.4, 0.5) is 22.0 Å². The van der Waals surface area contributed by atoms with Gasteiger partial charge in [0.1, 0.15) is 6.20 Å². The molecule has 0 spiro atoms. The zero-order chi connectivity index (χ0) is 17.2. The summed E-state index contributed by atoms with van der Waals surface area (Å²) in [6.45, 7) is 0. The topological polar surface area (TPSA) is 105 Å². The molecule has 0 amide bonds. The summed E-state index contributed by atoms with van der Waals surface area (Å²) < 4.78 is 13.5. The molecule has 3 N–H and O–H groups in total. The van der Waals surface area contributed by atoms with Crippen LogP contribution in [0.25, 0.3) is 11.2 Å². The number of anilines is 3. The molecule has 0 bridgehead atoms. The SMILES string of the molecule is [O-][n+]1cc(F)ccc1Nc1nc(NC2CCCCC2)c2nc[nH]c2n1. The molecule has 130 valence electrons. The van der Waals surface area contributed by atoms with Gasteiger partial charge in [-0.2, -0.15) is 9.97 Å². The minimum Gasteiger partial charge on any atom is -0.711 e. The van der Waals surface area contributed by atoms with E-state index in [0.29, 0.717) is 27.8 Å². The van der Waals surface area contributed by atoms with Crippen LogP contribution in [0.15, 0.2) is 24.7 Å². The summed E-state index contributed by atoms with van der Waals surface area (Å²) in [7, 11) is 0. The van der Waals surface area contributed by atoms with Crippen molar-refractivity contribution < 1.29 is 9.12 Å². The van der Waals surface area contributed by atoms with Gasteiger partial charge in [0.2, 0.25) is 0 Å². The monoisotopic (exact) mass is 343 g/mol. The second-order valence-electron chi connectivity index (χ2n) is 6.16. The first-order valence-corrected chi connectivity index (χ1v) is 8.32. The Kier molecular flexibility index (Phi) is 4.04. The average Bonchev–Trinajstić information content (AvgIpc) is 3.07. The van der Waals surface area contributed by atoms with Crippen molar-refractivity contribution in [1.82, 2.24) is 19.9 Å². The Hall–Kier alpha value is -2.97. The van der Waals surface area contributed by atoms with Gasteiger partial charge < -0.3 is 15.5 Å². The Morgan fingerprint density at radius 2 is 2.04 bits per heavy atom. The third-order valence-corrected chi connectivity index (χ3v) is 4.34. The lowest BCUT2D eigenvalue weighted by molar-refractivity contribution is -0.591. The standard InChI is InChI=1S/C16H18FN7O/c17-10-6-7-12(24(25)8-10)21-16-22-14-13(18-9-19-14)15(23-16)20-11-4-2-1-3-5-11/h6-9,11H,1-5H2,(H3,18,19,20,21,22,23). The summed E-state index contributed by atoms with van der Waals surface area (Å²) in [6, 6.07) is 2.90. The Morgan fingerprint density at radius 3 is 2.84 bits per heavy atom. The van der Waals surface area contributed by atoms with Crippen LogP contribution in [0.5, 0.6) is 0 Å². The van der Waals surface area contributed by atoms with Crippen LogP contribution in [-0.4, -0.2) is 26.0 Å². The van der Waals surface area contributed by atoms with Crippen LogP contribution in [0.1, 0.15) is 32.1 Å². The lowest BCUT2D eigenvalue weighted by atomic mass is 9.95. The molecule has 0 aliphatic heterocycles. The summed E-state index contributed by atoms with van der Waals surface area (Å²) in [4.78, 5) is 16.0. The molecule has 0 aromatic carbocycles. The Labute approximate surface area is 143 Å². The fraction of sp³-hybridized carbons (Fsp3) is 0.375. The number of fused-ring (bicyclic) bond motifs is 1. The number of imidazole rings is 1. The van der Waals surface area contributed by atoms with Gasteiger partial charge in [0.25, 0.3) is 5.82 Å². The number of pyridine rings is 1. The molecule has 1 aliphatic carbocycles. The number of H-pyrrole nitrogens is 1. The van der Waals surface area contributed by atoms with Crippen molar-refractivity contribution in [3.8, 4) is 0 Å². The number of aromatic nitrogens is 5. The van der Waals surface area contributed by atoms with E-state index in [4.69, 9.17) is 0 Å². The van der Waals surface area contributed by atoms with Crippen LogP contribution in [0.2, 0.25) is 0 Å². The molecule has 3 heterocycles. The van der Waals surface area contributed by atoms with Gasteiger partial charge >= 0.3 is 5.95 Å². The van der Waals surface area contributed by atoms with Crippen molar-refractivity contribution in [3.63, 3.8) is 0 Å². The summed E-state index contributed by atoms with van der Waals surface area (Å²) in [5.74, 6) is 0.403. The highest BCUT2D eigenvalue weighted by Crippen LogP contribution is 2.25. The average molecular weight is 343 g/mol. The molecule has 0 atom stereocenters. The molecular weight excluding hydrogens is 325 g/mol. The number of nitrogens with one attached hydrogen (secondary N) is 3. The van der Waals surface area contributed by atoms with Crippen molar-refractivity contribution in [2.75, 3.05) is 10.6 Å². The Balaban J connectivity index is 1.64. The first-order chi connectivity index (χ1) is 12.2. The van der Waals surface area contributed by atoms with Gasteiger partial charge in [0.05, 0.1) is 6.33 Å². The normalized spacial score (nSPS) is 15.4. The first kappa shape index (κ1) is 15.6. The minimum atomic E-state index is -0.606. The van der Waals surface area contributed by atoms with E-state index in [1.54, 1.807) is 6.33 Å². The smallest absolute Gasteiger partial charge is 0.323 e. The number of aromatic amines is 1. The van der Waals surface area contributed by atoms with E-state index in [1.165, 1.54) is 31.4 Å². The largest absolute Gasteiger partial charge is 0.711 e. The maximum Gasteiger partial charge on any atom is 0.323 e. The second kappa shape index (κ2) is 6.50. The lowest BCUT2D eigenvalue weighted by Crippen LogP contribution is -2.30. The molecular formula is C16H18FN7O. The minimum absolute atomic E-state index is 0.142. The molecule has 3 aromatic heterocycles. The van der Waals surface area contributed by atoms with Crippen molar-refractivity contribution in [1.29, 1.82) is 0 Å². The fourth-order valence-electron chi connectivity index (χ4n) is 3.10. The van der Waals surface area contributed by atoms with Crippen LogP contribution in [0.3, 0.4) is 0 Å². The van der Waals surface area contributed by atoms with Crippen molar-refractivity contribution in [3.05, 3.63) is 35.7 Å². The second-order valence-corrected chi connectivity index (χ2v) is 6.16. The van der Waals surface area contributed by atoms with Crippen LogP contribution in [-0.2, 0) is 0 Å². The van der Waals surface area contributed by atoms with Crippen molar-refractivity contribution in [2.45, 2.75) is 38.1 Å². The van der Waals surface area contributed by atoms with E-state index in [1.807, 2.05) is 0 Å². The first-order valence-electron chi connectivity index (χ1n) is 8.32. The number of nitrogens with zero attached hydrogens (tertiary/aromatic N) is 4. The molecule has 8 nitrogen and oxygen atoms in total. The van der Waals surface area contributed by atoms with Gasteiger partial charge in [-0.05, 0) is 18.9 Å². The maximum atomic E-state index is 13.1. The molecule has 9 heteroatoms. The molecule has 3 aromatic rings. The van der Waals surface area contributed by atoms with E-state index in [9.17, 15) is 9.60 Å². The number of hydrogen-bond acceptors (Lipinski definition) is 6. The van der Waals surface area contributed by atoms with E-state index >= 15 is 0 Å². The summed E-state index contributed by atoms with van der Waals surface area (Å²) in [5.41, 5.74) is 1.22. The molecule has 0 unspecified atom stereocenters. The molecule has 1 fully saturated rings. The molecule has 25 heavy (non-hydrogen) atoms. The lowest BCUT2D eigenvalue weighted by Gasteiger charge is -2.23. The zero-order valence-corrected chi connectivity index (χ0v) is 13.5. The quantitative estimate of drug-likeness (QED) is 0.497. The van der Waals surface area contributed by atoms with E-state index < -0.39 is 5.82 Å². The zero-order valence-electron chi connectivity index (χ0n) is 13.5. The maximum absolute atomic E-state index is 13.1. The van der Waals surface area contributed by atoms with E-state index in [-0.39, 0.29) is 11.8 Å². The van der Waals surface area contributed by atoms with Gasteiger partial charge in [-0.15, -0.1) is 0 Å². The number of hydrogen-bond donors (Lipinski definition) is 3. The number of rotatable bonds is 4. The number of halogens is 1. The Bertz CT molecular complexity index is 891. The predicted molar refractivity (Wildman–Crippen MR) is 90.8 cm³/mol. The van der Waals surface area contributed by atoms with E-state index in [0.717, 1.165) is 19.0 Å². The van der Waals surface area contributed by atoms with Gasteiger partial charge in [-0.3, -0.25) is 0 Å². The molecule has 0 radical (unpaired) electrons. The fourth-order valence-corrected chi connectivity index (χ4v) is 3.10. The summed E-state index contributed by atoms with van der Waals surface area (Å²) in [5, 5.41) is 18.1. The predicted octanol–water partition coefficient (Wildman–Crippen LogP) is 2.61. The van der Waals surface area contributed by atoms with Gasteiger partial charge in [0, 0.05) is 12.1 Å². The van der Waals surface area contributed by atoms with Gasteiger partial charge in [-0.1, -0.05) is 19.3 Å². The van der Waals surface area contributed by atoms with Crippen LogP contribution in [0, 0.1) is 11.0 Å². The Morgan fingerprint density at radius 1 is 1.20 bits per heavy atom. The van der Waals surface area contributed by atoms with Gasteiger partial charge in [-0.25, -0.2) is 19.4 Å². The molecule has 1 saturated carbocycles. The van der Waals surface area contributed by atoms with Gasteiger partial charge in [0.15, 0.2) is 22.8 Å². The van der Waals surface area contributed by atoms with Crippen LogP contribution >= 0.6 is 0 Å². The van der Waals surface area contributed by atoms with E-state index in [2.05, 4.69) is 30.6 Å². The molecule has 1 aliphatic rings. The van der Waals surface area contributed by atoms with Crippen molar-refractivity contribution in [2.24, 2.45) is 0 Å². The molecule has 4 rings (SSSR count). The highest BCUT2D eigenvalue weighted by Gasteiger charge is 2.19. The third kappa shape index (κ3) is 3.30. The third-order valence-electron chi connectivity index (χ3n) is 4.34. The summed E-state index contributed by atoms with van der Waals surface area (Å²) >= 11 is 0.